The quantitative estimate of drug-likeness (QED) is 0.627. The normalized spacial score (nSPS) is 20.2. The Bertz CT molecular complexity index is 644. The van der Waals surface area contributed by atoms with Crippen molar-refractivity contribution in [1.29, 1.82) is 0 Å². The zero-order chi connectivity index (χ0) is 15.6. The summed E-state index contributed by atoms with van der Waals surface area (Å²) in [5, 5.41) is 10.9. The minimum atomic E-state index is -3.81. The predicted octanol–water partition coefficient (Wildman–Crippen LogP) is 2.17. The van der Waals surface area contributed by atoms with Crippen LogP contribution in [0.25, 0.3) is 0 Å². The number of hydrogen-bond donors (Lipinski definition) is 0. The fraction of sp³-hybridized carbons (Fsp3) is 0.538. The summed E-state index contributed by atoms with van der Waals surface area (Å²) in [5.74, 6) is 0.123. The molecule has 116 valence electrons. The summed E-state index contributed by atoms with van der Waals surface area (Å²) in [6, 6.07) is 3.50. The Balaban J connectivity index is 2.52. The van der Waals surface area contributed by atoms with Crippen LogP contribution in [0.15, 0.2) is 23.1 Å². The average Bonchev–Trinajstić information content (AvgIpc) is 2.46. The lowest BCUT2D eigenvalue weighted by Crippen LogP contribution is -2.42. The zero-order valence-corrected chi connectivity index (χ0v) is 12.8. The van der Waals surface area contributed by atoms with Gasteiger partial charge in [0, 0.05) is 24.7 Å². The molecule has 8 heteroatoms. The highest BCUT2D eigenvalue weighted by Gasteiger charge is 2.34. The number of non-ortho nitro benzene ring substituents is 1. The van der Waals surface area contributed by atoms with Gasteiger partial charge in [-0.2, -0.15) is 4.31 Å². The van der Waals surface area contributed by atoms with Crippen LogP contribution in [-0.2, 0) is 10.0 Å². The van der Waals surface area contributed by atoms with Gasteiger partial charge in [0.25, 0.3) is 5.69 Å². The second-order valence-corrected chi connectivity index (χ2v) is 6.91. The van der Waals surface area contributed by atoms with Gasteiger partial charge in [0.05, 0.1) is 12.0 Å². The molecule has 1 fully saturated rings. The number of piperidine rings is 1. The van der Waals surface area contributed by atoms with Crippen molar-refractivity contribution in [2.45, 2.75) is 37.1 Å². The summed E-state index contributed by atoms with van der Waals surface area (Å²) < 4.78 is 32.0. The van der Waals surface area contributed by atoms with Crippen LogP contribution in [0.5, 0.6) is 5.75 Å². The minimum absolute atomic E-state index is 0.118. The molecule has 0 radical (unpaired) electrons. The van der Waals surface area contributed by atoms with Crippen LogP contribution in [0.1, 0.15) is 26.2 Å². The fourth-order valence-electron chi connectivity index (χ4n) is 2.54. The van der Waals surface area contributed by atoms with E-state index in [4.69, 9.17) is 4.74 Å². The standard InChI is InChI=1S/C13H18N2O5S/c1-10-5-3-4-8-14(10)21(18,19)13-9-11(15(16)17)6-7-12(13)20-2/h6-7,9-10H,3-5,8H2,1-2H3. The van der Waals surface area contributed by atoms with Gasteiger partial charge in [-0.05, 0) is 25.8 Å². The van der Waals surface area contributed by atoms with Crippen molar-refractivity contribution in [3.63, 3.8) is 0 Å². The second kappa shape index (κ2) is 5.98. The first-order chi connectivity index (χ1) is 9.87. The van der Waals surface area contributed by atoms with Gasteiger partial charge in [-0.25, -0.2) is 8.42 Å². The number of nitro benzene ring substituents is 1. The van der Waals surface area contributed by atoms with E-state index in [1.165, 1.54) is 23.5 Å². The van der Waals surface area contributed by atoms with Crippen LogP contribution in [0.4, 0.5) is 5.69 Å². The molecular weight excluding hydrogens is 296 g/mol. The van der Waals surface area contributed by atoms with Crippen molar-refractivity contribution >= 4 is 15.7 Å². The Hall–Kier alpha value is -1.67. The Labute approximate surface area is 123 Å². The molecule has 0 saturated carbocycles. The molecule has 0 amide bonds. The van der Waals surface area contributed by atoms with Gasteiger partial charge in [-0.15, -0.1) is 0 Å². The maximum atomic E-state index is 12.8. The van der Waals surface area contributed by atoms with Crippen LogP contribution in [0.3, 0.4) is 0 Å². The van der Waals surface area contributed by atoms with Crippen LogP contribution in [0, 0.1) is 10.1 Å². The van der Waals surface area contributed by atoms with E-state index < -0.39 is 14.9 Å². The van der Waals surface area contributed by atoms with Gasteiger partial charge in [0.1, 0.15) is 10.6 Å². The van der Waals surface area contributed by atoms with Crippen molar-refractivity contribution in [1.82, 2.24) is 4.31 Å². The van der Waals surface area contributed by atoms with E-state index in [9.17, 15) is 18.5 Å². The average molecular weight is 314 g/mol. The van der Waals surface area contributed by atoms with Gasteiger partial charge < -0.3 is 4.74 Å². The van der Waals surface area contributed by atoms with Crippen molar-refractivity contribution in [3.8, 4) is 5.75 Å². The summed E-state index contributed by atoms with van der Waals surface area (Å²) in [7, 11) is -2.46. The molecule has 7 nitrogen and oxygen atoms in total. The van der Waals surface area contributed by atoms with E-state index in [0.717, 1.165) is 25.3 Å². The molecule has 1 atom stereocenters. The smallest absolute Gasteiger partial charge is 0.271 e. The molecule has 1 aromatic carbocycles. The molecule has 21 heavy (non-hydrogen) atoms. The van der Waals surface area contributed by atoms with Gasteiger partial charge in [0.2, 0.25) is 10.0 Å². The summed E-state index contributed by atoms with van der Waals surface area (Å²) in [6.07, 6.45) is 2.57. The molecule has 1 aromatic rings. The zero-order valence-electron chi connectivity index (χ0n) is 12.0. The number of rotatable bonds is 4. The summed E-state index contributed by atoms with van der Waals surface area (Å²) in [5.41, 5.74) is -0.265. The first-order valence-corrected chi connectivity index (χ1v) is 8.16. The molecule has 0 aromatic heterocycles. The largest absolute Gasteiger partial charge is 0.495 e. The Morgan fingerprint density at radius 3 is 2.67 bits per heavy atom. The lowest BCUT2D eigenvalue weighted by molar-refractivity contribution is -0.385. The van der Waals surface area contributed by atoms with E-state index >= 15 is 0 Å². The molecule has 0 spiro atoms. The maximum absolute atomic E-state index is 12.8. The monoisotopic (exact) mass is 314 g/mol. The van der Waals surface area contributed by atoms with Gasteiger partial charge in [-0.1, -0.05) is 6.42 Å². The third-order valence-electron chi connectivity index (χ3n) is 3.69. The van der Waals surface area contributed by atoms with Crippen LogP contribution in [0.2, 0.25) is 0 Å². The third kappa shape index (κ3) is 3.01. The molecule has 1 aliphatic heterocycles. The predicted molar refractivity (Wildman–Crippen MR) is 76.9 cm³/mol. The van der Waals surface area contributed by atoms with E-state index in [2.05, 4.69) is 0 Å². The lowest BCUT2D eigenvalue weighted by Gasteiger charge is -2.32. The molecule has 1 aliphatic rings. The number of methoxy groups -OCH3 is 1. The lowest BCUT2D eigenvalue weighted by atomic mass is 10.1. The molecule has 0 aliphatic carbocycles. The molecule has 2 rings (SSSR count). The number of benzene rings is 1. The Kier molecular flexibility index (Phi) is 4.48. The summed E-state index contributed by atoms with van der Waals surface area (Å²) >= 11 is 0. The van der Waals surface area contributed by atoms with Crippen molar-refractivity contribution < 1.29 is 18.1 Å². The Morgan fingerprint density at radius 2 is 2.10 bits per heavy atom. The van der Waals surface area contributed by atoms with Gasteiger partial charge in [-0.3, -0.25) is 10.1 Å². The molecule has 0 bridgehead atoms. The van der Waals surface area contributed by atoms with Crippen LogP contribution in [-0.4, -0.2) is 37.3 Å². The molecular formula is C13H18N2O5S. The van der Waals surface area contributed by atoms with Gasteiger partial charge in [0.15, 0.2) is 0 Å². The molecule has 1 unspecified atom stereocenters. The van der Waals surface area contributed by atoms with Gasteiger partial charge >= 0.3 is 0 Å². The molecule has 0 N–H and O–H groups in total. The fourth-order valence-corrected chi connectivity index (χ4v) is 4.41. The highest BCUT2D eigenvalue weighted by molar-refractivity contribution is 7.89. The first-order valence-electron chi connectivity index (χ1n) is 6.72. The second-order valence-electron chi connectivity index (χ2n) is 5.05. The summed E-state index contributed by atoms with van der Waals surface area (Å²) in [4.78, 5) is 10.1. The van der Waals surface area contributed by atoms with Crippen LogP contribution < -0.4 is 4.74 Å². The number of sulfonamides is 1. The van der Waals surface area contributed by atoms with E-state index in [1.54, 1.807) is 0 Å². The third-order valence-corrected chi connectivity index (χ3v) is 5.72. The highest BCUT2D eigenvalue weighted by atomic mass is 32.2. The maximum Gasteiger partial charge on any atom is 0.271 e. The van der Waals surface area contributed by atoms with Crippen molar-refractivity contribution in [2.75, 3.05) is 13.7 Å². The molecule has 1 saturated heterocycles. The van der Waals surface area contributed by atoms with Crippen LogP contribution >= 0.6 is 0 Å². The van der Waals surface area contributed by atoms with E-state index in [0.29, 0.717) is 6.54 Å². The topological polar surface area (TPSA) is 89.7 Å². The number of hydrogen-bond acceptors (Lipinski definition) is 5. The SMILES string of the molecule is COc1ccc([N+](=O)[O-])cc1S(=O)(=O)N1CCCCC1C. The van der Waals surface area contributed by atoms with Crippen molar-refractivity contribution in [2.24, 2.45) is 0 Å². The van der Waals surface area contributed by atoms with E-state index in [-0.39, 0.29) is 22.4 Å². The summed E-state index contributed by atoms with van der Waals surface area (Å²) in [6.45, 7) is 2.27. The Morgan fingerprint density at radius 1 is 1.38 bits per heavy atom. The molecule has 1 heterocycles. The number of nitrogens with zero attached hydrogens (tertiary/aromatic N) is 2. The highest BCUT2D eigenvalue weighted by Crippen LogP contribution is 2.33. The first kappa shape index (κ1) is 15.7. The van der Waals surface area contributed by atoms with Crippen molar-refractivity contribution in [3.05, 3.63) is 28.3 Å². The minimum Gasteiger partial charge on any atom is -0.495 e. The number of nitro groups is 1. The van der Waals surface area contributed by atoms with E-state index in [1.807, 2.05) is 6.92 Å². The number of ether oxygens (including phenoxy) is 1.